The Balaban J connectivity index is 1.36. The predicted octanol–water partition coefficient (Wildman–Crippen LogP) is 6.47. The number of carbonyl (C=O) groups excluding carboxylic acids is 2. The fourth-order valence-electron chi connectivity index (χ4n) is 3.42. The van der Waals surface area contributed by atoms with Crippen molar-refractivity contribution < 1.29 is 19.1 Å². The Kier molecular flexibility index (Phi) is 8.30. The molecule has 0 radical (unpaired) electrons. The van der Waals surface area contributed by atoms with Gasteiger partial charge < -0.3 is 14.8 Å². The minimum Gasteiger partial charge on any atom is -0.494 e. The number of carbonyl (C=O) groups is 2. The second-order valence-electron chi connectivity index (χ2n) is 7.81. The highest BCUT2D eigenvalue weighted by molar-refractivity contribution is 8.27. The minimum atomic E-state index is -0.289. The zero-order chi connectivity index (χ0) is 25.7. The first-order chi connectivity index (χ1) is 17.3. The number of halogens is 1. The summed E-state index contributed by atoms with van der Waals surface area (Å²) in [5, 5.41) is 3.34. The van der Waals surface area contributed by atoms with E-state index >= 15 is 0 Å². The highest BCUT2D eigenvalue weighted by atomic mass is 35.5. The summed E-state index contributed by atoms with van der Waals surface area (Å²) in [6.45, 7) is 4.23. The average Bonchev–Trinajstić information content (AvgIpc) is 3.14. The Morgan fingerprint density at radius 3 is 2.42 bits per heavy atom. The van der Waals surface area contributed by atoms with E-state index in [0.717, 1.165) is 16.9 Å². The summed E-state index contributed by atoms with van der Waals surface area (Å²) in [5.74, 6) is 0.804. The Bertz CT molecular complexity index is 1320. The number of nitrogens with zero attached hydrogens (tertiary/aromatic N) is 1. The molecular weight excluding hydrogens is 516 g/mol. The van der Waals surface area contributed by atoms with Crippen LogP contribution in [0.4, 0.5) is 11.4 Å². The van der Waals surface area contributed by atoms with Crippen molar-refractivity contribution in [1.82, 2.24) is 0 Å². The number of aryl methyl sites for hydroxylation is 1. The molecule has 2 amide bonds. The molecule has 1 N–H and O–H groups in total. The van der Waals surface area contributed by atoms with Crippen LogP contribution in [0.1, 0.15) is 18.1 Å². The fourth-order valence-corrected chi connectivity index (χ4v) is 4.90. The van der Waals surface area contributed by atoms with Crippen LogP contribution in [0.25, 0.3) is 6.08 Å². The summed E-state index contributed by atoms with van der Waals surface area (Å²) in [5.41, 5.74) is 3.06. The van der Waals surface area contributed by atoms with Gasteiger partial charge in [-0.25, -0.2) is 0 Å². The second kappa shape index (κ2) is 11.6. The summed E-state index contributed by atoms with van der Waals surface area (Å²) in [6, 6.07) is 19.7. The van der Waals surface area contributed by atoms with Crippen molar-refractivity contribution in [3.8, 4) is 11.5 Å². The average molecular weight is 539 g/mol. The van der Waals surface area contributed by atoms with Gasteiger partial charge in [0, 0.05) is 10.7 Å². The molecule has 0 aromatic heterocycles. The number of rotatable bonds is 8. The number of thiocarbonyl (C=S) groups is 1. The summed E-state index contributed by atoms with van der Waals surface area (Å²) in [4.78, 5) is 27.3. The second-order valence-corrected chi connectivity index (χ2v) is 9.92. The highest BCUT2D eigenvalue weighted by Gasteiger charge is 2.33. The maximum Gasteiger partial charge on any atom is 0.270 e. The van der Waals surface area contributed by atoms with E-state index in [0.29, 0.717) is 38.0 Å². The molecule has 1 saturated heterocycles. The van der Waals surface area contributed by atoms with Crippen LogP contribution in [-0.2, 0) is 9.59 Å². The number of hydrogen-bond donors (Lipinski definition) is 1. The molecule has 0 bridgehead atoms. The van der Waals surface area contributed by atoms with Crippen molar-refractivity contribution in [2.45, 2.75) is 13.8 Å². The van der Waals surface area contributed by atoms with Crippen LogP contribution in [0.2, 0.25) is 5.02 Å². The van der Waals surface area contributed by atoms with Gasteiger partial charge in [-0.2, -0.15) is 0 Å². The lowest BCUT2D eigenvalue weighted by atomic mass is 10.2. The Morgan fingerprint density at radius 1 is 1.06 bits per heavy atom. The van der Waals surface area contributed by atoms with Crippen LogP contribution in [-0.4, -0.2) is 29.3 Å². The molecule has 1 heterocycles. The topological polar surface area (TPSA) is 67.9 Å². The van der Waals surface area contributed by atoms with Crippen LogP contribution in [0.5, 0.6) is 11.5 Å². The largest absolute Gasteiger partial charge is 0.494 e. The van der Waals surface area contributed by atoms with Gasteiger partial charge in [-0.05, 0) is 79.6 Å². The Hall–Kier alpha value is -3.33. The van der Waals surface area contributed by atoms with Crippen molar-refractivity contribution in [1.29, 1.82) is 0 Å². The van der Waals surface area contributed by atoms with E-state index in [-0.39, 0.29) is 18.4 Å². The zero-order valence-electron chi connectivity index (χ0n) is 19.6. The number of benzene rings is 3. The van der Waals surface area contributed by atoms with Crippen LogP contribution < -0.4 is 19.7 Å². The van der Waals surface area contributed by atoms with Crippen LogP contribution in [0, 0.1) is 6.92 Å². The van der Waals surface area contributed by atoms with Gasteiger partial charge in [0.25, 0.3) is 11.8 Å². The van der Waals surface area contributed by atoms with E-state index in [1.165, 1.54) is 16.7 Å². The van der Waals surface area contributed by atoms with Gasteiger partial charge in [-0.1, -0.05) is 53.8 Å². The smallest absolute Gasteiger partial charge is 0.270 e. The van der Waals surface area contributed by atoms with E-state index in [9.17, 15) is 9.59 Å². The lowest BCUT2D eigenvalue weighted by molar-refractivity contribution is -0.118. The molecule has 36 heavy (non-hydrogen) atoms. The molecule has 0 atom stereocenters. The first-order valence-electron chi connectivity index (χ1n) is 11.1. The molecule has 0 saturated carbocycles. The van der Waals surface area contributed by atoms with E-state index in [4.69, 9.17) is 33.3 Å². The molecule has 0 unspecified atom stereocenters. The normalized spacial score (nSPS) is 14.3. The first kappa shape index (κ1) is 25.8. The van der Waals surface area contributed by atoms with Crippen molar-refractivity contribution in [2.75, 3.05) is 23.4 Å². The number of thioether (sulfide) groups is 1. The third kappa shape index (κ3) is 6.26. The van der Waals surface area contributed by atoms with Crippen LogP contribution in [0.15, 0.2) is 71.6 Å². The minimum absolute atomic E-state index is 0.147. The lowest BCUT2D eigenvalue weighted by Gasteiger charge is -2.15. The number of anilines is 2. The molecule has 6 nitrogen and oxygen atoms in total. The predicted molar refractivity (Wildman–Crippen MR) is 150 cm³/mol. The van der Waals surface area contributed by atoms with Crippen molar-refractivity contribution in [2.24, 2.45) is 0 Å². The maximum absolute atomic E-state index is 13.0. The molecule has 1 aliphatic heterocycles. The number of nitrogens with one attached hydrogen (secondary N) is 1. The molecule has 1 fully saturated rings. The van der Waals surface area contributed by atoms with Gasteiger partial charge in [-0.3, -0.25) is 14.5 Å². The van der Waals surface area contributed by atoms with E-state index in [2.05, 4.69) is 5.32 Å². The Morgan fingerprint density at radius 2 is 1.72 bits per heavy atom. The number of amides is 2. The van der Waals surface area contributed by atoms with Gasteiger partial charge in [0.1, 0.15) is 11.5 Å². The number of ether oxygens (including phenoxy) is 2. The molecule has 9 heteroatoms. The number of hydrogen-bond acceptors (Lipinski definition) is 6. The van der Waals surface area contributed by atoms with Gasteiger partial charge in [0.05, 0.1) is 17.2 Å². The zero-order valence-corrected chi connectivity index (χ0v) is 22.0. The van der Waals surface area contributed by atoms with Crippen LogP contribution >= 0.6 is 35.6 Å². The molecule has 3 aromatic rings. The molecule has 184 valence electrons. The van der Waals surface area contributed by atoms with Crippen molar-refractivity contribution in [3.05, 3.63) is 87.8 Å². The summed E-state index contributed by atoms with van der Waals surface area (Å²) in [6.07, 6.45) is 1.78. The van der Waals surface area contributed by atoms with Gasteiger partial charge in [0.2, 0.25) is 0 Å². The molecule has 1 aliphatic rings. The third-order valence-corrected chi connectivity index (χ3v) is 6.76. The summed E-state index contributed by atoms with van der Waals surface area (Å²) in [7, 11) is 0. The molecular formula is C27H23ClN2O4S2. The van der Waals surface area contributed by atoms with Crippen molar-refractivity contribution in [3.63, 3.8) is 0 Å². The monoisotopic (exact) mass is 538 g/mol. The third-order valence-electron chi connectivity index (χ3n) is 5.22. The fraction of sp³-hybridized carbons (Fsp3) is 0.148. The quantitative estimate of drug-likeness (QED) is 0.262. The molecule has 4 rings (SSSR count). The molecule has 0 aliphatic carbocycles. The van der Waals surface area contributed by atoms with Crippen LogP contribution in [0.3, 0.4) is 0 Å². The summed E-state index contributed by atoms with van der Waals surface area (Å²) < 4.78 is 11.5. The summed E-state index contributed by atoms with van der Waals surface area (Å²) >= 11 is 12.7. The molecule has 0 spiro atoms. The van der Waals surface area contributed by atoms with Gasteiger partial charge in [0.15, 0.2) is 10.9 Å². The SMILES string of the molecule is CCOc1ccc(N2C(=O)/C(=C/c3ccc(OCC(=O)Nc4cc(Cl)ccc4C)cc3)SC2=S)cc1. The van der Waals surface area contributed by atoms with E-state index in [1.54, 1.807) is 30.3 Å². The van der Waals surface area contributed by atoms with Gasteiger partial charge >= 0.3 is 0 Å². The highest BCUT2D eigenvalue weighted by Crippen LogP contribution is 2.36. The van der Waals surface area contributed by atoms with Gasteiger partial charge in [-0.15, -0.1) is 0 Å². The first-order valence-corrected chi connectivity index (χ1v) is 12.7. The standard InChI is InChI=1S/C27H23ClN2O4S2/c1-3-33-21-12-8-20(9-13-21)30-26(32)24(36-27(30)35)14-18-5-10-22(11-6-18)34-16-25(31)29-23-15-19(28)7-4-17(23)2/h4-15H,3,16H2,1-2H3,(H,29,31)/b24-14-. The van der Waals surface area contributed by atoms with E-state index in [1.807, 2.05) is 56.3 Å². The maximum atomic E-state index is 13.0. The van der Waals surface area contributed by atoms with Crippen molar-refractivity contribution >= 4 is 69.2 Å². The lowest BCUT2D eigenvalue weighted by Crippen LogP contribution is -2.27. The Labute approximate surface area is 224 Å². The van der Waals surface area contributed by atoms with E-state index < -0.39 is 0 Å². The molecule has 3 aromatic carbocycles.